The summed E-state index contributed by atoms with van der Waals surface area (Å²) in [5.74, 6) is 0.727. The fraction of sp³-hybridized carbons (Fsp3) is 0. The van der Waals surface area contributed by atoms with E-state index in [4.69, 9.17) is 16.1 Å². The van der Waals surface area contributed by atoms with Gasteiger partial charge in [-0.25, -0.2) is 0 Å². The molecule has 0 N–H and O–H groups in total. The molecular formula is C23H16ClNO. The first-order valence-corrected chi connectivity index (χ1v) is 8.72. The second-order valence-electron chi connectivity index (χ2n) is 5.92. The molecule has 0 spiro atoms. The van der Waals surface area contributed by atoms with E-state index < -0.39 is 0 Å². The third-order valence-corrected chi connectivity index (χ3v) is 4.36. The largest absolute Gasteiger partial charge is 0.356 e. The maximum absolute atomic E-state index is 5.97. The van der Waals surface area contributed by atoms with Crippen LogP contribution >= 0.6 is 11.6 Å². The van der Waals surface area contributed by atoms with Crippen LogP contribution in [0.4, 0.5) is 0 Å². The van der Waals surface area contributed by atoms with Crippen molar-refractivity contribution >= 4 is 23.3 Å². The van der Waals surface area contributed by atoms with Crippen molar-refractivity contribution < 1.29 is 4.52 Å². The van der Waals surface area contributed by atoms with Crippen molar-refractivity contribution in [1.82, 2.24) is 5.16 Å². The monoisotopic (exact) mass is 357 g/mol. The zero-order valence-corrected chi connectivity index (χ0v) is 14.7. The van der Waals surface area contributed by atoms with Gasteiger partial charge in [0, 0.05) is 22.2 Å². The van der Waals surface area contributed by atoms with Crippen LogP contribution in [0.2, 0.25) is 5.02 Å². The summed E-state index contributed by atoms with van der Waals surface area (Å²) in [6, 6.07) is 29.9. The third-order valence-electron chi connectivity index (χ3n) is 4.11. The van der Waals surface area contributed by atoms with Gasteiger partial charge in [0.2, 0.25) is 0 Å². The Morgan fingerprint density at radius 3 is 2.15 bits per heavy atom. The van der Waals surface area contributed by atoms with Crippen LogP contribution in [0.5, 0.6) is 0 Å². The molecule has 4 rings (SSSR count). The normalized spacial score (nSPS) is 11.5. The fourth-order valence-electron chi connectivity index (χ4n) is 2.79. The van der Waals surface area contributed by atoms with E-state index >= 15 is 0 Å². The minimum Gasteiger partial charge on any atom is -0.356 e. The molecule has 0 atom stereocenters. The lowest BCUT2D eigenvalue weighted by atomic mass is 10.00. The first-order valence-electron chi connectivity index (χ1n) is 8.35. The molecule has 0 radical (unpaired) electrons. The molecule has 126 valence electrons. The molecule has 0 aliphatic rings. The average molecular weight is 358 g/mol. The molecule has 1 aromatic heterocycles. The predicted octanol–water partition coefficient (Wildman–Crippen LogP) is 6.58. The Bertz CT molecular complexity index is 1020. The van der Waals surface area contributed by atoms with Crippen LogP contribution < -0.4 is 0 Å². The highest BCUT2D eigenvalue weighted by Crippen LogP contribution is 2.30. The predicted molar refractivity (Wildman–Crippen MR) is 107 cm³/mol. The summed E-state index contributed by atoms with van der Waals surface area (Å²) in [6.45, 7) is 0. The molecule has 0 aliphatic heterocycles. The van der Waals surface area contributed by atoms with Crippen molar-refractivity contribution in [3.63, 3.8) is 0 Å². The Morgan fingerprint density at radius 2 is 1.46 bits per heavy atom. The van der Waals surface area contributed by atoms with Crippen LogP contribution in [0.1, 0.15) is 16.9 Å². The average Bonchev–Trinajstić information content (AvgIpc) is 3.18. The van der Waals surface area contributed by atoms with Crippen LogP contribution in [0.25, 0.3) is 22.9 Å². The Hall–Kier alpha value is -3.10. The standard InChI is InChI=1S/C23H16ClNO/c24-20-13-11-19(12-14-20)22-16-23(26-25-22)21(18-9-5-2-6-10-18)15-17-7-3-1-4-8-17/h1-16H/b21-15+. The number of halogens is 1. The maximum atomic E-state index is 5.97. The smallest absolute Gasteiger partial charge is 0.168 e. The molecule has 3 heteroatoms. The van der Waals surface area contributed by atoms with Crippen molar-refractivity contribution in [2.75, 3.05) is 0 Å². The Morgan fingerprint density at radius 1 is 0.808 bits per heavy atom. The topological polar surface area (TPSA) is 26.0 Å². The molecule has 26 heavy (non-hydrogen) atoms. The van der Waals surface area contributed by atoms with Crippen molar-refractivity contribution in [3.8, 4) is 11.3 Å². The summed E-state index contributed by atoms with van der Waals surface area (Å²) in [5, 5.41) is 4.95. The Balaban J connectivity index is 1.78. The summed E-state index contributed by atoms with van der Waals surface area (Å²) in [5.41, 5.74) is 4.93. The van der Waals surface area contributed by atoms with Gasteiger partial charge in [0.15, 0.2) is 5.76 Å². The van der Waals surface area contributed by atoms with Gasteiger partial charge in [-0.05, 0) is 29.3 Å². The quantitative estimate of drug-likeness (QED) is 0.385. The number of hydrogen-bond donors (Lipinski definition) is 0. The SMILES string of the molecule is Clc1ccc(-c2cc(/C(=C/c3ccccc3)c3ccccc3)on2)cc1. The van der Waals surface area contributed by atoms with Gasteiger partial charge in [-0.2, -0.15) is 0 Å². The number of aromatic nitrogens is 1. The van der Waals surface area contributed by atoms with Crippen molar-refractivity contribution in [2.24, 2.45) is 0 Å². The van der Waals surface area contributed by atoms with Gasteiger partial charge in [0.1, 0.15) is 5.69 Å². The number of nitrogens with zero attached hydrogens (tertiary/aromatic N) is 1. The van der Waals surface area contributed by atoms with Crippen LogP contribution in [0, 0.1) is 0 Å². The molecule has 0 saturated carbocycles. The minimum absolute atomic E-state index is 0.700. The van der Waals surface area contributed by atoms with Crippen molar-refractivity contribution in [1.29, 1.82) is 0 Å². The molecule has 0 amide bonds. The van der Waals surface area contributed by atoms with E-state index in [1.54, 1.807) is 0 Å². The van der Waals surface area contributed by atoms with E-state index in [1.165, 1.54) is 0 Å². The van der Waals surface area contributed by atoms with Crippen molar-refractivity contribution in [2.45, 2.75) is 0 Å². The minimum atomic E-state index is 0.700. The highest BCUT2D eigenvalue weighted by molar-refractivity contribution is 6.30. The maximum Gasteiger partial charge on any atom is 0.168 e. The highest BCUT2D eigenvalue weighted by Gasteiger charge is 2.13. The van der Waals surface area contributed by atoms with Gasteiger partial charge in [-0.15, -0.1) is 0 Å². The van der Waals surface area contributed by atoms with E-state index in [0.29, 0.717) is 5.02 Å². The lowest BCUT2D eigenvalue weighted by molar-refractivity contribution is 0.413. The molecule has 3 aromatic carbocycles. The summed E-state index contributed by atoms with van der Waals surface area (Å²) in [7, 11) is 0. The molecular weight excluding hydrogens is 342 g/mol. The molecule has 0 fully saturated rings. The lowest BCUT2D eigenvalue weighted by Crippen LogP contribution is -1.86. The molecule has 0 bridgehead atoms. The van der Waals surface area contributed by atoms with Crippen LogP contribution in [0.3, 0.4) is 0 Å². The number of rotatable bonds is 4. The van der Waals surface area contributed by atoms with Gasteiger partial charge >= 0.3 is 0 Å². The highest BCUT2D eigenvalue weighted by atomic mass is 35.5. The van der Waals surface area contributed by atoms with E-state index in [1.807, 2.05) is 66.7 Å². The molecule has 1 heterocycles. The van der Waals surface area contributed by atoms with Crippen LogP contribution in [-0.2, 0) is 0 Å². The Labute approximate surface area is 157 Å². The van der Waals surface area contributed by atoms with E-state index in [2.05, 4.69) is 35.5 Å². The van der Waals surface area contributed by atoms with Gasteiger partial charge in [-0.1, -0.05) is 89.6 Å². The summed E-state index contributed by atoms with van der Waals surface area (Å²) >= 11 is 5.97. The summed E-state index contributed by atoms with van der Waals surface area (Å²) in [4.78, 5) is 0. The fourth-order valence-corrected chi connectivity index (χ4v) is 2.92. The molecule has 4 aromatic rings. The van der Waals surface area contributed by atoms with Gasteiger partial charge in [0.25, 0.3) is 0 Å². The second kappa shape index (κ2) is 7.42. The number of benzene rings is 3. The van der Waals surface area contributed by atoms with Crippen LogP contribution in [0.15, 0.2) is 95.5 Å². The van der Waals surface area contributed by atoms with Gasteiger partial charge in [-0.3, -0.25) is 0 Å². The summed E-state index contributed by atoms with van der Waals surface area (Å²) < 4.78 is 5.69. The molecule has 2 nitrogen and oxygen atoms in total. The van der Waals surface area contributed by atoms with Gasteiger partial charge in [0.05, 0.1) is 0 Å². The molecule has 0 saturated heterocycles. The number of hydrogen-bond acceptors (Lipinski definition) is 2. The molecule has 0 aliphatic carbocycles. The second-order valence-corrected chi connectivity index (χ2v) is 6.35. The first kappa shape index (κ1) is 16.4. The molecule has 0 unspecified atom stereocenters. The van der Waals surface area contributed by atoms with E-state index in [-0.39, 0.29) is 0 Å². The van der Waals surface area contributed by atoms with E-state index in [9.17, 15) is 0 Å². The Kier molecular flexibility index (Phi) is 4.67. The third kappa shape index (κ3) is 3.61. The zero-order valence-electron chi connectivity index (χ0n) is 14.0. The van der Waals surface area contributed by atoms with Crippen LogP contribution in [-0.4, -0.2) is 5.16 Å². The first-order chi connectivity index (χ1) is 12.8. The van der Waals surface area contributed by atoms with E-state index in [0.717, 1.165) is 33.7 Å². The van der Waals surface area contributed by atoms with Crippen molar-refractivity contribution in [3.05, 3.63) is 113 Å². The zero-order chi connectivity index (χ0) is 17.8. The summed E-state index contributed by atoms with van der Waals surface area (Å²) in [6.07, 6.45) is 2.11. The lowest BCUT2D eigenvalue weighted by Gasteiger charge is -2.04. The van der Waals surface area contributed by atoms with Gasteiger partial charge < -0.3 is 4.52 Å².